The third-order valence-corrected chi connectivity index (χ3v) is 1.49. The largest absolute Gasteiger partial charge is 0.479 e. The van der Waals surface area contributed by atoms with Crippen LogP contribution in [0.25, 0.3) is 0 Å². The minimum Gasteiger partial charge on any atom is -0.479 e. The summed E-state index contributed by atoms with van der Waals surface area (Å²) in [6, 6.07) is 0. The average molecular weight is 186 g/mol. The summed E-state index contributed by atoms with van der Waals surface area (Å²) in [5, 5.41) is 8.65. The minimum atomic E-state index is -1.01. The zero-order valence-electron chi connectivity index (χ0n) is 7.73. The van der Waals surface area contributed by atoms with Gasteiger partial charge in [0.15, 0.2) is 6.10 Å². The molecule has 0 rings (SSSR count). The normalized spacial score (nSPS) is 14.8. The van der Waals surface area contributed by atoms with Gasteiger partial charge >= 0.3 is 5.97 Å². The second kappa shape index (κ2) is 6.19. The highest BCUT2D eigenvalue weighted by molar-refractivity contribution is 5.81. The molecule has 0 aromatic carbocycles. The van der Waals surface area contributed by atoms with Crippen LogP contribution in [0.15, 0.2) is 16.8 Å². The molecule has 1 atom stereocenters. The number of hydrogen-bond acceptors (Lipinski definition) is 4. The maximum atomic E-state index is 10.5. The first-order chi connectivity index (χ1) is 6.15. The lowest BCUT2D eigenvalue weighted by molar-refractivity contribution is -0.148. The number of aliphatic carboxylic acids is 1. The van der Waals surface area contributed by atoms with Gasteiger partial charge in [-0.05, 0) is 11.8 Å². The van der Waals surface area contributed by atoms with Gasteiger partial charge in [-0.2, -0.15) is 0 Å². The van der Waals surface area contributed by atoms with E-state index in [0.29, 0.717) is 5.57 Å². The summed E-state index contributed by atoms with van der Waals surface area (Å²) in [4.78, 5) is 14.3. The molecule has 0 saturated heterocycles. The van der Waals surface area contributed by atoms with Crippen molar-refractivity contribution in [3.63, 3.8) is 0 Å². The van der Waals surface area contributed by atoms with E-state index in [1.807, 2.05) is 0 Å². The second-order valence-corrected chi connectivity index (χ2v) is 2.40. The lowest BCUT2D eigenvalue weighted by Gasteiger charge is -2.09. The van der Waals surface area contributed by atoms with Gasteiger partial charge in [0.05, 0.1) is 0 Å². The molecule has 5 nitrogen and oxygen atoms in total. The van der Waals surface area contributed by atoms with Crippen LogP contribution in [0.5, 0.6) is 0 Å². The van der Waals surface area contributed by atoms with Crippen molar-refractivity contribution < 1.29 is 14.6 Å². The van der Waals surface area contributed by atoms with Crippen LogP contribution in [0.3, 0.4) is 0 Å². The van der Waals surface area contributed by atoms with Crippen molar-refractivity contribution in [1.29, 1.82) is 0 Å². The molecule has 5 heteroatoms. The molecule has 3 N–H and O–H groups in total. The molecule has 13 heavy (non-hydrogen) atoms. The van der Waals surface area contributed by atoms with Crippen molar-refractivity contribution in [2.75, 3.05) is 14.2 Å². The lowest BCUT2D eigenvalue weighted by Crippen LogP contribution is -2.23. The quantitative estimate of drug-likeness (QED) is 0.593. The molecule has 0 aliphatic rings. The highest BCUT2D eigenvalue weighted by Gasteiger charge is 2.16. The summed E-state index contributed by atoms with van der Waals surface area (Å²) >= 11 is 0. The van der Waals surface area contributed by atoms with Crippen LogP contribution in [0, 0.1) is 0 Å². The van der Waals surface area contributed by atoms with Crippen LogP contribution in [0.2, 0.25) is 0 Å². The maximum Gasteiger partial charge on any atom is 0.333 e. The molecule has 0 spiro atoms. The number of hydrogen-bond donors (Lipinski definition) is 2. The third-order valence-electron chi connectivity index (χ3n) is 1.49. The Hall–Kier alpha value is -1.36. The molecule has 0 aromatic rings. The van der Waals surface area contributed by atoms with E-state index in [4.69, 9.17) is 15.6 Å². The Labute approximate surface area is 76.9 Å². The zero-order valence-corrected chi connectivity index (χ0v) is 7.73. The predicted molar refractivity (Wildman–Crippen MR) is 49.7 cm³/mol. The highest BCUT2D eigenvalue weighted by Crippen LogP contribution is 2.05. The number of carbonyl (C=O) groups is 1. The molecule has 0 aromatic heterocycles. The van der Waals surface area contributed by atoms with E-state index in [-0.39, 0.29) is 6.42 Å². The van der Waals surface area contributed by atoms with Gasteiger partial charge in [0.2, 0.25) is 0 Å². The van der Waals surface area contributed by atoms with E-state index in [1.54, 1.807) is 7.05 Å². The summed E-state index contributed by atoms with van der Waals surface area (Å²) in [5.74, 6) is -1.01. The Balaban J connectivity index is 4.29. The number of nitrogens with two attached hydrogens (primary N) is 1. The number of methoxy groups -OCH3 is 1. The van der Waals surface area contributed by atoms with Crippen molar-refractivity contribution in [1.82, 2.24) is 0 Å². The molecule has 0 heterocycles. The van der Waals surface area contributed by atoms with Crippen LogP contribution in [-0.2, 0) is 9.53 Å². The van der Waals surface area contributed by atoms with Crippen molar-refractivity contribution in [2.24, 2.45) is 10.7 Å². The smallest absolute Gasteiger partial charge is 0.333 e. The SMILES string of the molecule is CN=CC(=CN)CC(OC)C(=O)O. The molecule has 0 aliphatic heterocycles. The van der Waals surface area contributed by atoms with Gasteiger partial charge in [-0.25, -0.2) is 4.79 Å². The van der Waals surface area contributed by atoms with E-state index in [1.165, 1.54) is 19.5 Å². The van der Waals surface area contributed by atoms with Crippen molar-refractivity contribution in [3.8, 4) is 0 Å². The van der Waals surface area contributed by atoms with Crippen molar-refractivity contribution in [3.05, 3.63) is 11.8 Å². The van der Waals surface area contributed by atoms with Gasteiger partial charge in [0, 0.05) is 26.8 Å². The molecule has 0 amide bonds. The number of carboxylic acid groups (broad SMARTS) is 1. The monoisotopic (exact) mass is 186 g/mol. The molecule has 0 fully saturated rings. The van der Waals surface area contributed by atoms with Crippen LogP contribution >= 0.6 is 0 Å². The number of aliphatic imine (C=N–C) groups is 1. The van der Waals surface area contributed by atoms with E-state index >= 15 is 0 Å². The Kier molecular flexibility index (Phi) is 5.54. The van der Waals surface area contributed by atoms with E-state index in [9.17, 15) is 4.79 Å². The molecule has 0 aliphatic carbocycles. The maximum absolute atomic E-state index is 10.5. The lowest BCUT2D eigenvalue weighted by atomic mass is 10.1. The van der Waals surface area contributed by atoms with Gasteiger partial charge in [0.1, 0.15) is 0 Å². The fourth-order valence-electron chi connectivity index (χ4n) is 0.815. The van der Waals surface area contributed by atoms with E-state index in [0.717, 1.165) is 0 Å². The Morgan fingerprint density at radius 2 is 2.38 bits per heavy atom. The highest BCUT2D eigenvalue weighted by atomic mass is 16.5. The molecular formula is C8H14N2O3. The molecular weight excluding hydrogens is 172 g/mol. The second-order valence-electron chi connectivity index (χ2n) is 2.40. The zero-order chi connectivity index (χ0) is 10.3. The summed E-state index contributed by atoms with van der Waals surface area (Å²) < 4.78 is 4.73. The fourth-order valence-corrected chi connectivity index (χ4v) is 0.815. The molecule has 74 valence electrons. The summed E-state index contributed by atoms with van der Waals surface area (Å²) in [5.41, 5.74) is 5.90. The van der Waals surface area contributed by atoms with Gasteiger partial charge in [0.25, 0.3) is 0 Å². The minimum absolute atomic E-state index is 0.222. The Morgan fingerprint density at radius 3 is 2.69 bits per heavy atom. The summed E-state index contributed by atoms with van der Waals surface area (Å²) in [6.45, 7) is 0. The fraction of sp³-hybridized carbons (Fsp3) is 0.500. The van der Waals surface area contributed by atoms with Crippen LogP contribution < -0.4 is 5.73 Å². The van der Waals surface area contributed by atoms with Crippen LogP contribution in [-0.4, -0.2) is 37.6 Å². The predicted octanol–water partition coefficient (Wildman–Crippen LogP) is 0.0193. The Morgan fingerprint density at radius 1 is 1.77 bits per heavy atom. The standard InChI is InChI=1S/C8H14N2O3/c1-10-5-6(4-9)3-7(13-2)8(11)12/h4-5,7H,3,9H2,1-2H3,(H,11,12). The molecule has 0 bridgehead atoms. The summed E-state index contributed by atoms with van der Waals surface area (Å²) in [7, 11) is 2.93. The number of carboxylic acids is 1. The number of nitrogens with zero attached hydrogens (tertiary/aromatic N) is 1. The first-order valence-electron chi connectivity index (χ1n) is 3.74. The van der Waals surface area contributed by atoms with Crippen LogP contribution in [0.4, 0.5) is 0 Å². The number of ether oxygens (including phenoxy) is 1. The first kappa shape index (κ1) is 11.6. The Bertz CT molecular complexity index is 223. The molecule has 1 unspecified atom stereocenters. The van der Waals surface area contributed by atoms with Gasteiger partial charge in [-0.3, -0.25) is 4.99 Å². The van der Waals surface area contributed by atoms with Gasteiger partial charge < -0.3 is 15.6 Å². The van der Waals surface area contributed by atoms with Crippen molar-refractivity contribution >= 4 is 12.2 Å². The van der Waals surface area contributed by atoms with Gasteiger partial charge in [-0.15, -0.1) is 0 Å². The third kappa shape index (κ3) is 4.27. The van der Waals surface area contributed by atoms with E-state index in [2.05, 4.69) is 4.99 Å². The first-order valence-corrected chi connectivity index (χ1v) is 3.74. The average Bonchev–Trinajstić information content (AvgIpc) is 2.11. The molecule has 0 radical (unpaired) electrons. The van der Waals surface area contributed by atoms with E-state index < -0.39 is 12.1 Å². The van der Waals surface area contributed by atoms with Gasteiger partial charge in [-0.1, -0.05) is 0 Å². The molecule has 0 saturated carbocycles. The summed E-state index contributed by atoms with van der Waals surface area (Å²) in [6.07, 6.45) is 2.18. The number of rotatable bonds is 5. The topological polar surface area (TPSA) is 84.9 Å². The van der Waals surface area contributed by atoms with Crippen LogP contribution in [0.1, 0.15) is 6.42 Å². The van der Waals surface area contributed by atoms with Crippen molar-refractivity contribution in [2.45, 2.75) is 12.5 Å².